The molecule has 1 saturated carbocycles. The molecule has 3 rings (SSSR count). The lowest BCUT2D eigenvalue weighted by molar-refractivity contribution is 0.329. The predicted octanol–water partition coefficient (Wildman–Crippen LogP) is 3.73. The lowest BCUT2D eigenvalue weighted by Crippen LogP contribution is -2.18. The summed E-state index contributed by atoms with van der Waals surface area (Å²) >= 11 is 1.67. The Morgan fingerprint density at radius 2 is 2.14 bits per heavy atom. The van der Waals surface area contributed by atoms with E-state index in [0.717, 1.165) is 23.1 Å². The van der Waals surface area contributed by atoms with Gasteiger partial charge in [-0.15, -0.1) is 11.3 Å². The molecular formula is C15H22N4OS. The summed E-state index contributed by atoms with van der Waals surface area (Å²) in [6, 6.07) is 0.0547. The maximum atomic E-state index is 5.43. The van der Waals surface area contributed by atoms with Crippen molar-refractivity contribution >= 4 is 11.3 Å². The lowest BCUT2D eigenvalue weighted by Gasteiger charge is -2.17. The van der Waals surface area contributed by atoms with Gasteiger partial charge in [0.05, 0.1) is 6.04 Å². The zero-order valence-electron chi connectivity index (χ0n) is 12.6. The first-order valence-electron chi connectivity index (χ1n) is 7.70. The third kappa shape index (κ3) is 3.68. The van der Waals surface area contributed by atoms with Gasteiger partial charge in [0.1, 0.15) is 5.01 Å². The predicted molar refractivity (Wildman–Crippen MR) is 82.2 cm³/mol. The van der Waals surface area contributed by atoms with Crippen LogP contribution >= 0.6 is 11.3 Å². The Bertz CT molecular complexity index is 574. The molecule has 0 aliphatic heterocycles. The van der Waals surface area contributed by atoms with Gasteiger partial charge in [-0.3, -0.25) is 5.32 Å². The normalized spacial score (nSPS) is 18.0. The topological polar surface area (TPSA) is 63.8 Å². The summed E-state index contributed by atoms with van der Waals surface area (Å²) in [6.45, 7) is 4.80. The van der Waals surface area contributed by atoms with E-state index in [1.54, 1.807) is 11.3 Å². The Morgan fingerprint density at radius 1 is 1.33 bits per heavy atom. The molecule has 1 unspecified atom stereocenters. The number of thiazole rings is 1. The van der Waals surface area contributed by atoms with Gasteiger partial charge < -0.3 is 4.52 Å². The van der Waals surface area contributed by atoms with Gasteiger partial charge in [-0.25, -0.2) is 4.98 Å². The molecule has 0 bridgehead atoms. The fraction of sp³-hybridized carbons (Fsp3) is 0.667. The minimum Gasteiger partial charge on any atom is -0.338 e. The van der Waals surface area contributed by atoms with Crippen molar-refractivity contribution in [2.75, 3.05) is 0 Å². The van der Waals surface area contributed by atoms with Crippen LogP contribution in [0.5, 0.6) is 0 Å². The number of aryl methyl sites for hydroxylation is 1. The maximum Gasteiger partial charge on any atom is 0.243 e. The van der Waals surface area contributed by atoms with Crippen molar-refractivity contribution in [2.45, 2.75) is 64.5 Å². The van der Waals surface area contributed by atoms with Crippen molar-refractivity contribution in [3.63, 3.8) is 0 Å². The van der Waals surface area contributed by atoms with E-state index >= 15 is 0 Å². The van der Waals surface area contributed by atoms with Gasteiger partial charge in [0.15, 0.2) is 5.82 Å². The molecule has 0 radical (unpaired) electrons. The van der Waals surface area contributed by atoms with Crippen molar-refractivity contribution in [3.8, 4) is 0 Å². The van der Waals surface area contributed by atoms with E-state index in [0.29, 0.717) is 11.8 Å². The second-order valence-corrected chi connectivity index (χ2v) is 6.75. The molecule has 2 heterocycles. The molecule has 0 saturated heterocycles. The summed E-state index contributed by atoms with van der Waals surface area (Å²) < 4.78 is 5.43. The van der Waals surface area contributed by atoms with Crippen LogP contribution in [-0.4, -0.2) is 15.1 Å². The summed E-state index contributed by atoms with van der Waals surface area (Å²) in [6.07, 6.45) is 6.29. The minimum absolute atomic E-state index is 0.0547. The lowest BCUT2D eigenvalue weighted by atomic mass is 9.89. The first-order chi connectivity index (χ1) is 10.2. The van der Waals surface area contributed by atoms with E-state index in [9.17, 15) is 0 Å². The Balaban J connectivity index is 1.57. The van der Waals surface area contributed by atoms with E-state index in [1.807, 2.05) is 6.92 Å². The Labute approximate surface area is 129 Å². The average molecular weight is 306 g/mol. The molecule has 21 heavy (non-hydrogen) atoms. The first kappa shape index (κ1) is 14.7. The number of hydrogen-bond acceptors (Lipinski definition) is 6. The molecule has 5 nitrogen and oxygen atoms in total. The molecule has 1 fully saturated rings. The van der Waals surface area contributed by atoms with Crippen molar-refractivity contribution in [2.24, 2.45) is 0 Å². The Morgan fingerprint density at radius 3 is 2.86 bits per heavy atom. The van der Waals surface area contributed by atoms with E-state index in [1.165, 1.54) is 32.1 Å². The van der Waals surface area contributed by atoms with Crippen molar-refractivity contribution in [1.82, 2.24) is 20.4 Å². The average Bonchev–Trinajstić information content (AvgIpc) is 3.15. The monoisotopic (exact) mass is 306 g/mol. The molecule has 0 amide bonds. The standard InChI is InChI=1S/C15H22N4OS/c1-10-9-21-13(17-10)8-16-11(2)15-18-14(19-20-15)12-6-4-3-5-7-12/h9,11-12,16H,3-8H2,1-2H3. The molecule has 6 heteroatoms. The SMILES string of the molecule is Cc1csc(CNC(C)c2nc(C3CCCCC3)no2)n1. The van der Waals surface area contributed by atoms with E-state index < -0.39 is 0 Å². The van der Waals surface area contributed by atoms with Crippen LogP contribution in [0.1, 0.15) is 73.4 Å². The van der Waals surface area contributed by atoms with Crippen LogP contribution in [0.4, 0.5) is 0 Å². The molecule has 0 spiro atoms. The fourth-order valence-electron chi connectivity index (χ4n) is 2.76. The summed E-state index contributed by atoms with van der Waals surface area (Å²) in [5.74, 6) is 2.07. The fourth-order valence-corrected chi connectivity index (χ4v) is 3.48. The first-order valence-corrected chi connectivity index (χ1v) is 8.58. The molecule has 114 valence electrons. The molecular weight excluding hydrogens is 284 g/mol. The van der Waals surface area contributed by atoms with E-state index in [-0.39, 0.29) is 6.04 Å². The van der Waals surface area contributed by atoms with Crippen LogP contribution in [0.3, 0.4) is 0 Å². The van der Waals surface area contributed by atoms with Gasteiger partial charge >= 0.3 is 0 Å². The Kier molecular flexibility index (Phi) is 4.65. The van der Waals surface area contributed by atoms with Gasteiger partial charge in [0.25, 0.3) is 0 Å². The highest BCUT2D eigenvalue weighted by Gasteiger charge is 2.22. The molecule has 2 aromatic rings. The van der Waals surface area contributed by atoms with Crippen LogP contribution in [0, 0.1) is 6.92 Å². The number of hydrogen-bond donors (Lipinski definition) is 1. The molecule has 1 atom stereocenters. The van der Waals surface area contributed by atoms with Crippen LogP contribution in [-0.2, 0) is 6.54 Å². The van der Waals surface area contributed by atoms with Gasteiger partial charge in [-0.2, -0.15) is 4.98 Å². The summed E-state index contributed by atoms with van der Waals surface area (Å²) in [5, 5.41) is 10.7. The van der Waals surface area contributed by atoms with Crippen LogP contribution in [0.2, 0.25) is 0 Å². The highest BCUT2D eigenvalue weighted by Crippen LogP contribution is 2.31. The van der Waals surface area contributed by atoms with Gasteiger partial charge in [-0.05, 0) is 26.7 Å². The quantitative estimate of drug-likeness (QED) is 0.911. The molecule has 1 N–H and O–H groups in total. The van der Waals surface area contributed by atoms with Gasteiger partial charge in [0.2, 0.25) is 5.89 Å². The van der Waals surface area contributed by atoms with Crippen molar-refractivity contribution in [3.05, 3.63) is 27.8 Å². The van der Waals surface area contributed by atoms with Crippen LogP contribution < -0.4 is 5.32 Å². The molecule has 1 aliphatic rings. The largest absolute Gasteiger partial charge is 0.338 e. The van der Waals surface area contributed by atoms with Gasteiger partial charge in [-0.1, -0.05) is 24.4 Å². The number of nitrogens with zero attached hydrogens (tertiary/aromatic N) is 3. The number of rotatable bonds is 5. The summed E-state index contributed by atoms with van der Waals surface area (Å²) in [4.78, 5) is 9.04. The molecule has 0 aromatic carbocycles. The van der Waals surface area contributed by atoms with E-state index in [4.69, 9.17) is 4.52 Å². The second-order valence-electron chi connectivity index (χ2n) is 5.81. The second kappa shape index (κ2) is 6.66. The number of nitrogens with one attached hydrogen (secondary N) is 1. The zero-order valence-corrected chi connectivity index (χ0v) is 13.4. The van der Waals surface area contributed by atoms with E-state index in [2.05, 4.69) is 32.7 Å². The summed E-state index contributed by atoms with van der Waals surface area (Å²) in [5.41, 5.74) is 1.07. The highest BCUT2D eigenvalue weighted by atomic mass is 32.1. The highest BCUT2D eigenvalue weighted by molar-refractivity contribution is 7.09. The minimum atomic E-state index is 0.0547. The maximum absolute atomic E-state index is 5.43. The van der Waals surface area contributed by atoms with Gasteiger partial charge in [0, 0.05) is 23.5 Å². The van der Waals surface area contributed by atoms with Crippen LogP contribution in [0.25, 0.3) is 0 Å². The van der Waals surface area contributed by atoms with Crippen LogP contribution in [0.15, 0.2) is 9.90 Å². The molecule has 2 aromatic heterocycles. The van der Waals surface area contributed by atoms with Crippen molar-refractivity contribution < 1.29 is 4.52 Å². The summed E-state index contributed by atoms with van der Waals surface area (Å²) in [7, 11) is 0. The molecule has 1 aliphatic carbocycles. The zero-order chi connectivity index (χ0) is 14.7. The smallest absolute Gasteiger partial charge is 0.243 e. The third-order valence-corrected chi connectivity index (χ3v) is 4.99. The third-order valence-electron chi connectivity index (χ3n) is 4.02. The Hall–Kier alpha value is -1.27. The number of aromatic nitrogens is 3. The van der Waals surface area contributed by atoms with Crippen molar-refractivity contribution in [1.29, 1.82) is 0 Å².